The summed E-state index contributed by atoms with van der Waals surface area (Å²) in [6.45, 7) is 0.839. The first-order valence-corrected chi connectivity index (χ1v) is 4.04. The van der Waals surface area contributed by atoms with Crippen molar-refractivity contribution in [3.63, 3.8) is 0 Å². The number of rotatable bonds is 4. The molecule has 1 aromatic heterocycles. The van der Waals surface area contributed by atoms with E-state index < -0.39 is 0 Å². The summed E-state index contributed by atoms with van der Waals surface area (Å²) in [5, 5.41) is 3.01. The van der Waals surface area contributed by atoms with Crippen molar-refractivity contribution >= 4 is 6.08 Å². The molecule has 0 aliphatic rings. The van der Waals surface area contributed by atoms with Gasteiger partial charge < -0.3 is 10.1 Å². The molecule has 0 fully saturated rings. The van der Waals surface area contributed by atoms with E-state index in [1.165, 1.54) is 0 Å². The maximum atomic E-state index is 4.84. The van der Waals surface area contributed by atoms with Crippen LogP contribution in [0.1, 0.15) is 5.56 Å². The molecule has 4 heteroatoms. The third kappa shape index (κ3) is 3.21. The number of aromatic nitrogens is 2. The number of nitrogens with zero attached hydrogens (tertiary/aromatic N) is 2. The third-order valence-electron chi connectivity index (χ3n) is 1.46. The predicted octanol–water partition coefficient (Wildman–Crippen LogP) is 0.718. The molecule has 1 N–H and O–H groups in total. The van der Waals surface area contributed by atoms with Gasteiger partial charge in [0, 0.05) is 24.5 Å². The van der Waals surface area contributed by atoms with Crippen LogP contribution in [0.25, 0.3) is 6.08 Å². The van der Waals surface area contributed by atoms with Crippen molar-refractivity contribution in [3.8, 4) is 6.01 Å². The second kappa shape index (κ2) is 5.27. The van der Waals surface area contributed by atoms with Crippen molar-refractivity contribution in [1.82, 2.24) is 15.3 Å². The molecule has 0 saturated heterocycles. The van der Waals surface area contributed by atoms with Gasteiger partial charge in [-0.1, -0.05) is 12.2 Å². The van der Waals surface area contributed by atoms with Crippen molar-refractivity contribution in [3.05, 3.63) is 24.0 Å². The number of hydrogen-bond acceptors (Lipinski definition) is 4. The molecular weight excluding hydrogens is 166 g/mol. The summed E-state index contributed by atoms with van der Waals surface area (Å²) in [7, 11) is 3.45. The van der Waals surface area contributed by atoms with Crippen molar-refractivity contribution in [2.45, 2.75) is 0 Å². The number of nitrogens with one attached hydrogen (secondary N) is 1. The highest BCUT2D eigenvalue weighted by molar-refractivity contribution is 5.46. The van der Waals surface area contributed by atoms with Gasteiger partial charge in [-0.3, -0.25) is 0 Å². The van der Waals surface area contributed by atoms with Gasteiger partial charge in [0.05, 0.1) is 7.11 Å². The molecule has 1 heterocycles. The first-order valence-electron chi connectivity index (χ1n) is 4.04. The quantitative estimate of drug-likeness (QED) is 0.739. The van der Waals surface area contributed by atoms with Gasteiger partial charge in [0.25, 0.3) is 0 Å². The Morgan fingerprint density at radius 2 is 2.15 bits per heavy atom. The molecule has 0 unspecified atom stereocenters. The Bertz CT molecular complexity index is 269. The fraction of sp³-hybridized carbons (Fsp3) is 0.333. The normalized spacial score (nSPS) is 10.6. The standard InChI is InChI=1S/C9H13N3O/c1-10-5-3-4-8-6-11-9(13-2)12-7-8/h3-4,6-7,10H,5H2,1-2H3. The summed E-state index contributed by atoms with van der Waals surface area (Å²) in [5.41, 5.74) is 0.969. The minimum atomic E-state index is 0.394. The van der Waals surface area contributed by atoms with Crippen LogP contribution in [0.5, 0.6) is 6.01 Å². The highest BCUT2D eigenvalue weighted by Gasteiger charge is 1.91. The van der Waals surface area contributed by atoms with Gasteiger partial charge in [-0.2, -0.15) is 0 Å². The summed E-state index contributed by atoms with van der Waals surface area (Å²) in [5.74, 6) is 0. The summed E-state index contributed by atoms with van der Waals surface area (Å²) in [6.07, 6.45) is 7.40. The molecule has 70 valence electrons. The molecule has 1 rings (SSSR count). The van der Waals surface area contributed by atoms with E-state index in [1.54, 1.807) is 19.5 Å². The lowest BCUT2D eigenvalue weighted by Gasteiger charge is -1.96. The second-order valence-electron chi connectivity index (χ2n) is 2.46. The largest absolute Gasteiger partial charge is 0.467 e. The van der Waals surface area contributed by atoms with Crippen LogP contribution < -0.4 is 10.1 Å². The van der Waals surface area contributed by atoms with Crippen LogP contribution in [0, 0.1) is 0 Å². The van der Waals surface area contributed by atoms with E-state index in [4.69, 9.17) is 4.74 Å². The van der Waals surface area contributed by atoms with Gasteiger partial charge in [0.2, 0.25) is 0 Å². The van der Waals surface area contributed by atoms with E-state index in [0.29, 0.717) is 6.01 Å². The van der Waals surface area contributed by atoms with Gasteiger partial charge in [-0.25, -0.2) is 9.97 Å². The molecule has 0 spiro atoms. The Morgan fingerprint density at radius 1 is 1.46 bits per heavy atom. The van der Waals surface area contributed by atoms with Crippen molar-refractivity contribution in [1.29, 1.82) is 0 Å². The molecule has 1 aromatic rings. The minimum Gasteiger partial charge on any atom is -0.467 e. The lowest BCUT2D eigenvalue weighted by atomic mass is 10.3. The number of methoxy groups -OCH3 is 1. The van der Waals surface area contributed by atoms with E-state index in [0.717, 1.165) is 12.1 Å². The summed E-state index contributed by atoms with van der Waals surface area (Å²) in [4.78, 5) is 7.94. The van der Waals surface area contributed by atoms with Gasteiger partial charge >= 0.3 is 6.01 Å². The highest BCUT2D eigenvalue weighted by Crippen LogP contribution is 2.02. The van der Waals surface area contributed by atoms with Crippen LogP contribution in [0.2, 0.25) is 0 Å². The highest BCUT2D eigenvalue weighted by atomic mass is 16.5. The van der Waals surface area contributed by atoms with E-state index in [1.807, 2.05) is 19.2 Å². The molecule has 0 saturated carbocycles. The van der Waals surface area contributed by atoms with Crippen LogP contribution in [-0.2, 0) is 0 Å². The van der Waals surface area contributed by atoms with Crippen molar-refractivity contribution in [2.24, 2.45) is 0 Å². The Morgan fingerprint density at radius 3 is 2.69 bits per heavy atom. The Kier molecular flexibility index (Phi) is 3.92. The number of ether oxygens (including phenoxy) is 1. The fourth-order valence-corrected chi connectivity index (χ4v) is 0.831. The molecule has 0 aromatic carbocycles. The summed E-state index contributed by atoms with van der Waals surface area (Å²) >= 11 is 0. The Balaban J connectivity index is 2.58. The van der Waals surface area contributed by atoms with Gasteiger partial charge in [-0.15, -0.1) is 0 Å². The second-order valence-corrected chi connectivity index (χ2v) is 2.46. The Hall–Kier alpha value is -1.42. The molecule has 0 atom stereocenters. The molecule has 0 radical (unpaired) electrons. The molecule has 13 heavy (non-hydrogen) atoms. The smallest absolute Gasteiger partial charge is 0.316 e. The van der Waals surface area contributed by atoms with E-state index in [2.05, 4.69) is 15.3 Å². The molecule has 4 nitrogen and oxygen atoms in total. The third-order valence-corrected chi connectivity index (χ3v) is 1.46. The average molecular weight is 179 g/mol. The topological polar surface area (TPSA) is 47.0 Å². The average Bonchev–Trinajstić information content (AvgIpc) is 2.19. The zero-order valence-electron chi connectivity index (χ0n) is 7.82. The SMILES string of the molecule is CNCC=Cc1cnc(OC)nc1. The molecule has 0 aliphatic heterocycles. The van der Waals surface area contributed by atoms with E-state index in [9.17, 15) is 0 Å². The Labute approximate surface area is 77.7 Å². The molecule has 0 amide bonds. The van der Waals surface area contributed by atoms with Crippen molar-refractivity contribution < 1.29 is 4.74 Å². The van der Waals surface area contributed by atoms with Crippen LogP contribution in [0.15, 0.2) is 18.5 Å². The van der Waals surface area contributed by atoms with E-state index in [-0.39, 0.29) is 0 Å². The maximum Gasteiger partial charge on any atom is 0.316 e. The zero-order chi connectivity index (χ0) is 9.52. The van der Waals surface area contributed by atoms with Crippen LogP contribution in [0.4, 0.5) is 0 Å². The first-order chi connectivity index (χ1) is 6.36. The summed E-state index contributed by atoms with van der Waals surface area (Å²) < 4.78 is 4.84. The minimum absolute atomic E-state index is 0.394. The molecule has 0 bridgehead atoms. The number of likely N-dealkylation sites (N-methyl/N-ethyl adjacent to an activating group) is 1. The predicted molar refractivity (Wildman–Crippen MR) is 51.5 cm³/mol. The first kappa shape index (κ1) is 9.67. The van der Waals surface area contributed by atoms with E-state index >= 15 is 0 Å². The van der Waals surface area contributed by atoms with Crippen LogP contribution in [0.3, 0.4) is 0 Å². The van der Waals surface area contributed by atoms with Gasteiger partial charge in [0.15, 0.2) is 0 Å². The molecule has 0 aliphatic carbocycles. The van der Waals surface area contributed by atoms with Gasteiger partial charge in [-0.05, 0) is 7.05 Å². The van der Waals surface area contributed by atoms with Crippen LogP contribution in [-0.4, -0.2) is 30.7 Å². The lowest BCUT2D eigenvalue weighted by Crippen LogP contribution is -2.03. The van der Waals surface area contributed by atoms with Crippen LogP contribution >= 0.6 is 0 Å². The molecular formula is C9H13N3O. The zero-order valence-corrected chi connectivity index (χ0v) is 7.82. The van der Waals surface area contributed by atoms with Crippen molar-refractivity contribution in [2.75, 3.05) is 20.7 Å². The summed E-state index contributed by atoms with van der Waals surface area (Å²) in [6, 6.07) is 0.394. The lowest BCUT2D eigenvalue weighted by molar-refractivity contribution is 0.379. The fourth-order valence-electron chi connectivity index (χ4n) is 0.831. The monoisotopic (exact) mass is 179 g/mol. The maximum absolute atomic E-state index is 4.84. The van der Waals surface area contributed by atoms with Gasteiger partial charge in [0.1, 0.15) is 0 Å². The number of hydrogen-bond donors (Lipinski definition) is 1.